The summed E-state index contributed by atoms with van der Waals surface area (Å²) in [5.74, 6) is 0. The molecule has 5 nitrogen and oxygen atoms in total. The van der Waals surface area contributed by atoms with Gasteiger partial charge in [-0.1, -0.05) is 48.0 Å². The highest BCUT2D eigenvalue weighted by molar-refractivity contribution is 5.99. The minimum atomic E-state index is -0.676. The van der Waals surface area contributed by atoms with Gasteiger partial charge in [0.2, 0.25) is 0 Å². The smallest absolute Gasteiger partial charge is 0.332 e. The minimum absolute atomic E-state index is 0.676. The fraction of sp³-hybridized carbons (Fsp3) is 0.111. The summed E-state index contributed by atoms with van der Waals surface area (Å²) >= 11 is 0. The number of benzene rings is 2. The molecule has 0 aliphatic rings. The highest BCUT2D eigenvalue weighted by atomic mass is 16.2. The number of urea groups is 1. The summed E-state index contributed by atoms with van der Waals surface area (Å²) in [4.78, 5) is 10.7. The molecule has 1 aromatic heterocycles. The fourth-order valence-corrected chi connectivity index (χ4v) is 2.68. The number of carbonyl (C=O) groups is 1. The predicted molar refractivity (Wildman–Crippen MR) is 92.5 cm³/mol. The maximum absolute atomic E-state index is 10.7. The summed E-state index contributed by atoms with van der Waals surface area (Å²) in [6.07, 6.45) is 3.64. The van der Waals surface area contributed by atoms with Crippen molar-refractivity contribution in [2.45, 2.75) is 13.5 Å². The third kappa shape index (κ3) is 3.40. The van der Waals surface area contributed by atoms with E-state index in [4.69, 9.17) is 5.73 Å². The van der Waals surface area contributed by atoms with Gasteiger partial charge in [0.1, 0.15) is 0 Å². The topological polar surface area (TPSA) is 72.4 Å². The summed E-state index contributed by atoms with van der Waals surface area (Å²) in [6, 6.07) is 15.9. The SMILES string of the molecule is Cc1cccc(Cn2cc(/C=N\NC(N)=O)c3ccccc32)c1. The van der Waals surface area contributed by atoms with E-state index in [-0.39, 0.29) is 0 Å². The van der Waals surface area contributed by atoms with E-state index in [2.05, 4.69) is 52.3 Å². The van der Waals surface area contributed by atoms with Crippen LogP contribution in [0.25, 0.3) is 10.9 Å². The summed E-state index contributed by atoms with van der Waals surface area (Å²) < 4.78 is 2.18. The van der Waals surface area contributed by atoms with Gasteiger partial charge in [0.15, 0.2) is 0 Å². The van der Waals surface area contributed by atoms with E-state index in [0.29, 0.717) is 0 Å². The second-order valence-corrected chi connectivity index (χ2v) is 5.45. The van der Waals surface area contributed by atoms with Crippen molar-refractivity contribution in [1.29, 1.82) is 0 Å². The Kier molecular flexibility index (Phi) is 4.10. The van der Waals surface area contributed by atoms with Gasteiger partial charge >= 0.3 is 6.03 Å². The first-order chi connectivity index (χ1) is 11.1. The second kappa shape index (κ2) is 6.36. The third-order valence-corrected chi connectivity index (χ3v) is 3.63. The standard InChI is InChI=1S/C18H18N4O/c1-13-5-4-6-14(9-13)11-22-12-15(10-20-21-18(19)23)16-7-2-3-8-17(16)22/h2-10,12H,11H2,1H3,(H3,19,21,23)/b20-10-. The molecule has 116 valence electrons. The number of fused-ring (bicyclic) bond motifs is 1. The zero-order valence-electron chi connectivity index (χ0n) is 12.9. The highest BCUT2D eigenvalue weighted by Gasteiger charge is 2.07. The van der Waals surface area contributed by atoms with Gasteiger partial charge < -0.3 is 10.3 Å². The summed E-state index contributed by atoms with van der Waals surface area (Å²) in [5, 5.41) is 4.94. The van der Waals surface area contributed by atoms with Crippen molar-refractivity contribution in [3.05, 3.63) is 71.4 Å². The van der Waals surface area contributed by atoms with Crippen molar-refractivity contribution in [3.63, 3.8) is 0 Å². The first-order valence-corrected chi connectivity index (χ1v) is 7.35. The largest absolute Gasteiger partial charge is 0.350 e. The molecule has 3 N–H and O–H groups in total. The van der Waals surface area contributed by atoms with Gasteiger partial charge in [0, 0.05) is 29.2 Å². The Hall–Kier alpha value is -3.08. The first-order valence-electron chi connectivity index (χ1n) is 7.35. The molecule has 3 aromatic rings. The maximum atomic E-state index is 10.7. The van der Waals surface area contributed by atoms with Crippen molar-refractivity contribution in [3.8, 4) is 0 Å². The summed E-state index contributed by atoms with van der Waals surface area (Å²) in [5.41, 5.74) is 11.8. The summed E-state index contributed by atoms with van der Waals surface area (Å²) in [6.45, 7) is 2.87. The molecule has 2 aromatic carbocycles. The van der Waals surface area contributed by atoms with Crippen molar-refractivity contribution >= 4 is 23.1 Å². The molecule has 0 saturated carbocycles. The molecule has 0 aliphatic carbocycles. The van der Waals surface area contributed by atoms with E-state index in [9.17, 15) is 4.79 Å². The molecule has 0 saturated heterocycles. The Morgan fingerprint density at radius 3 is 2.87 bits per heavy atom. The lowest BCUT2D eigenvalue weighted by molar-refractivity contribution is 0.249. The third-order valence-electron chi connectivity index (χ3n) is 3.63. The zero-order valence-corrected chi connectivity index (χ0v) is 12.9. The molecule has 0 fully saturated rings. The van der Waals surface area contributed by atoms with E-state index in [1.807, 2.05) is 24.4 Å². The van der Waals surface area contributed by atoms with Gasteiger partial charge in [0.25, 0.3) is 0 Å². The number of amides is 2. The normalized spacial score (nSPS) is 11.2. The number of hydrazone groups is 1. The lowest BCUT2D eigenvalue weighted by atomic mass is 10.1. The van der Waals surface area contributed by atoms with Crippen molar-refractivity contribution in [2.24, 2.45) is 10.8 Å². The average Bonchev–Trinajstić information content (AvgIpc) is 2.85. The van der Waals surface area contributed by atoms with Crippen LogP contribution in [0, 0.1) is 6.92 Å². The molecule has 0 aliphatic heterocycles. The molecule has 0 atom stereocenters. The van der Waals surface area contributed by atoms with E-state index < -0.39 is 6.03 Å². The van der Waals surface area contributed by atoms with Gasteiger partial charge in [-0.3, -0.25) is 0 Å². The maximum Gasteiger partial charge on any atom is 0.332 e. The zero-order chi connectivity index (χ0) is 16.2. The van der Waals surface area contributed by atoms with Crippen molar-refractivity contribution < 1.29 is 4.79 Å². The molecule has 0 radical (unpaired) electrons. The van der Waals surface area contributed by atoms with Crippen LogP contribution in [0.1, 0.15) is 16.7 Å². The molecule has 0 unspecified atom stereocenters. The Morgan fingerprint density at radius 2 is 2.09 bits per heavy atom. The predicted octanol–water partition coefficient (Wildman–Crippen LogP) is 3.00. The molecule has 0 spiro atoms. The number of nitrogens with zero attached hydrogens (tertiary/aromatic N) is 2. The van der Waals surface area contributed by atoms with Gasteiger partial charge in [-0.25, -0.2) is 10.2 Å². The Labute approximate surface area is 134 Å². The lowest BCUT2D eigenvalue weighted by Crippen LogP contribution is -2.24. The second-order valence-electron chi connectivity index (χ2n) is 5.45. The van der Waals surface area contributed by atoms with Crippen molar-refractivity contribution in [2.75, 3.05) is 0 Å². The minimum Gasteiger partial charge on any atom is -0.350 e. The van der Waals surface area contributed by atoms with Gasteiger partial charge in [0.05, 0.1) is 6.21 Å². The lowest BCUT2D eigenvalue weighted by Gasteiger charge is -2.06. The first kappa shape index (κ1) is 14.8. The number of rotatable bonds is 4. The molecular weight excluding hydrogens is 288 g/mol. The number of hydrogen-bond donors (Lipinski definition) is 2. The van der Waals surface area contributed by atoms with E-state index in [1.54, 1.807) is 6.21 Å². The number of hydrogen-bond acceptors (Lipinski definition) is 2. The van der Waals surface area contributed by atoms with Crippen LogP contribution in [0.4, 0.5) is 4.79 Å². The van der Waals surface area contributed by atoms with Gasteiger partial charge in [-0.05, 0) is 18.6 Å². The Bertz CT molecular complexity index is 880. The Morgan fingerprint density at radius 1 is 1.26 bits per heavy atom. The van der Waals surface area contributed by atoms with Crippen LogP contribution in [-0.4, -0.2) is 16.8 Å². The van der Waals surface area contributed by atoms with Crippen molar-refractivity contribution in [1.82, 2.24) is 9.99 Å². The number of nitrogens with two attached hydrogens (primary N) is 1. The van der Waals surface area contributed by atoms with Crippen LogP contribution in [0.3, 0.4) is 0 Å². The van der Waals surface area contributed by atoms with E-state index in [0.717, 1.165) is 23.0 Å². The molecule has 3 rings (SSSR count). The van der Waals surface area contributed by atoms with Crippen LogP contribution in [0.5, 0.6) is 0 Å². The quantitative estimate of drug-likeness (QED) is 0.564. The Balaban J connectivity index is 1.97. The fourth-order valence-electron chi connectivity index (χ4n) is 2.68. The molecule has 1 heterocycles. The van der Waals surface area contributed by atoms with E-state index >= 15 is 0 Å². The number of primary amides is 1. The number of carbonyl (C=O) groups excluding carboxylic acids is 1. The summed E-state index contributed by atoms with van der Waals surface area (Å²) in [7, 11) is 0. The van der Waals surface area contributed by atoms with E-state index in [1.165, 1.54) is 11.1 Å². The van der Waals surface area contributed by atoms with Crippen LogP contribution < -0.4 is 11.2 Å². The number of aryl methyl sites for hydroxylation is 1. The molecule has 2 amide bonds. The number of aromatic nitrogens is 1. The van der Waals surface area contributed by atoms with Gasteiger partial charge in [-0.2, -0.15) is 5.10 Å². The van der Waals surface area contributed by atoms with Gasteiger partial charge in [-0.15, -0.1) is 0 Å². The molecule has 0 bridgehead atoms. The highest BCUT2D eigenvalue weighted by Crippen LogP contribution is 2.21. The molecular formula is C18H18N4O. The number of nitrogens with one attached hydrogen (secondary N) is 1. The molecule has 23 heavy (non-hydrogen) atoms. The van der Waals surface area contributed by atoms with Crippen LogP contribution >= 0.6 is 0 Å². The average molecular weight is 306 g/mol. The van der Waals surface area contributed by atoms with Crippen LogP contribution in [-0.2, 0) is 6.54 Å². The van der Waals surface area contributed by atoms with Crippen LogP contribution in [0.2, 0.25) is 0 Å². The van der Waals surface area contributed by atoms with Crippen LogP contribution in [0.15, 0.2) is 59.8 Å². The molecule has 5 heteroatoms. The monoisotopic (exact) mass is 306 g/mol. The number of para-hydroxylation sites is 1.